The van der Waals surface area contributed by atoms with Crippen LogP contribution in [-0.4, -0.2) is 20.2 Å². The molecule has 1 atom stereocenters. The van der Waals surface area contributed by atoms with Crippen LogP contribution in [0.25, 0.3) is 0 Å². The first-order valence-corrected chi connectivity index (χ1v) is 6.48. The number of unbranched alkanes of at least 4 members (excludes halogenated alkanes) is 1. The Morgan fingerprint density at radius 2 is 2.00 bits per heavy atom. The molecule has 0 saturated heterocycles. The maximum atomic E-state index is 11.5. The lowest BCUT2D eigenvalue weighted by Crippen LogP contribution is -2.00. The van der Waals surface area contributed by atoms with Gasteiger partial charge in [0.2, 0.25) is 0 Å². The summed E-state index contributed by atoms with van der Waals surface area (Å²) in [4.78, 5) is 0. The highest BCUT2D eigenvalue weighted by molar-refractivity contribution is 7.84. The van der Waals surface area contributed by atoms with Crippen LogP contribution in [0.15, 0.2) is 18.2 Å². The number of hydrogen-bond acceptors (Lipinski definition) is 3. The van der Waals surface area contributed by atoms with Crippen LogP contribution in [0.5, 0.6) is 11.5 Å². The van der Waals surface area contributed by atoms with E-state index in [1.54, 1.807) is 6.07 Å². The molecular formula is C11H16O3S. The molecule has 0 fully saturated rings. The molecule has 0 aliphatic rings. The van der Waals surface area contributed by atoms with Gasteiger partial charge in [0.05, 0.1) is 0 Å². The predicted molar refractivity (Wildman–Crippen MR) is 61.4 cm³/mol. The minimum absolute atomic E-state index is 0.141. The van der Waals surface area contributed by atoms with Crippen molar-refractivity contribution in [2.75, 3.05) is 5.75 Å². The van der Waals surface area contributed by atoms with Gasteiger partial charge in [-0.2, -0.15) is 0 Å². The van der Waals surface area contributed by atoms with Crippen LogP contribution < -0.4 is 0 Å². The first-order chi connectivity index (χ1) is 7.13. The van der Waals surface area contributed by atoms with Gasteiger partial charge in [0.1, 0.15) is 0 Å². The summed E-state index contributed by atoms with van der Waals surface area (Å²) in [6.45, 7) is 2.06. The number of phenolic OH excluding ortho intramolecular Hbond substituents is 2. The van der Waals surface area contributed by atoms with Gasteiger partial charge in [0.15, 0.2) is 11.5 Å². The fraction of sp³-hybridized carbons (Fsp3) is 0.455. The normalized spacial score (nSPS) is 12.6. The molecule has 0 saturated carbocycles. The molecule has 0 radical (unpaired) electrons. The van der Waals surface area contributed by atoms with E-state index < -0.39 is 10.8 Å². The molecule has 0 spiro atoms. The molecule has 1 aromatic rings. The Labute approximate surface area is 92.2 Å². The van der Waals surface area contributed by atoms with Gasteiger partial charge >= 0.3 is 0 Å². The van der Waals surface area contributed by atoms with E-state index in [1.807, 2.05) is 0 Å². The highest BCUT2D eigenvalue weighted by atomic mass is 32.2. The minimum atomic E-state index is -0.879. The average molecular weight is 228 g/mol. The van der Waals surface area contributed by atoms with Gasteiger partial charge in [-0.3, -0.25) is 4.21 Å². The smallest absolute Gasteiger partial charge is 0.157 e. The van der Waals surface area contributed by atoms with Gasteiger partial charge in [-0.05, 0) is 24.1 Å². The summed E-state index contributed by atoms with van der Waals surface area (Å²) in [7, 11) is -0.879. The van der Waals surface area contributed by atoms with Crippen LogP contribution in [0.4, 0.5) is 0 Å². The fourth-order valence-corrected chi connectivity index (χ4v) is 2.53. The Morgan fingerprint density at radius 3 is 2.60 bits per heavy atom. The molecule has 15 heavy (non-hydrogen) atoms. The molecular weight excluding hydrogens is 212 g/mol. The molecule has 2 N–H and O–H groups in total. The topological polar surface area (TPSA) is 57.5 Å². The van der Waals surface area contributed by atoms with E-state index in [2.05, 4.69) is 6.92 Å². The zero-order valence-corrected chi connectivity index (χ0v) is 9.59. The van der Waals surface area contributed by atoms with E-state index in [1.165, 1.54) is 12.1 Å². The standard InChI is InChI=1S/C11H16O3S/c1-2-3-6-15(14)8-9-4-5-10(12)11(13)7-9/h4-5,7,12-13H,2-3,6,8H2,1H3/t15-/m1/s1. The van der Waals surface area contributed by atoms with Crippen LogP contribution in [0.2, 0.25) is 0 Å². The molecule has 0 aliphatic carbocycles. The second-order valence-corrected chi connectivity index (χ2v) is 5.04. The van der Waals surface area contributed by atoms with Gasteiger partial charge < -0.3 is 10.2 Å². The molecule has 0 aliphatic heterocycles. The van der Waals surface area contributed by atoms with Crippen molar-refractivity contribution in [3.8, 4) is 11.5 Å². The van der Waals surface area contributed by atoms with E-state index in [0.29, 0.717) is 11.5 Å². The van der Waals surface area contributed by atoms with E-state index in [4.69, 9.17) is 5.11 Å². The van der Waals surface area contributed by atoms with E-state index in [0.717, 1.165) is 18.4 Å². The summed E-state index contributed by atoms with van der Waals surface area (Å²) < 4.78 is 11.5. The lowest BCUT2D eigenvalue weighted by atomic mass is 10.2. The maximum absolute atomic E-state index is 11.5. The zero-order valence-electron chi connectivity index (χ0n) is 8.77. The predicted octanol–water partition coefficient (Wildman–Crippen LogP) is 2.15. The highest BCUT2D eigenvalue weighted by Gasteiger charge is 2.04. The average Bonchev–Trinajstić information content (AvgIpc) is 2.20. The molecule has 0 unspecified atom stereocenters. The summed E-state index contributed by atoms with van der Waals surface area (Å²) in [5.74, 6) is 0.837. The fourth-order valence-electron chi connectivity index (χ4n) is 1.22. The molecule has 84 valence electrons. The Kier molecular flexibility index (Phi) is 4.62. The van der Waals surface area contributed by atoms with Crippen LogP contribution >= 0.6 is 0 Å². The van der Waals surface area contributed by atoms with Gasteiger partial charge in [0, 0.05) is 22.3 Å². The summed E-state index contributed by atoms with van der Waals surface area (Å²) in [6, 6.07) is 4.56. The van der Waals surface area contributed by atoms with Crippen molar-refractivity contribution in [2.24, 2.45) is 0 Å². The minimum Gasteiger partial charge on any atom is -0.504 e. The van der Waals surface area contributed by atoms with Crippen molar-refractivity contribution in [3.63, 3.8) is 0 Å². The van der Waals surface area contributed by atoms with Crippen molar-refractivity contribution in [1.29, 1.82) is 0 Å². The van der Waals surface area contributed by atoms with Gasteiger partial charge in [-0.25, -0.2) is 0 Å². The van der Waals surface area contributed by atoms with Gasteiger partial charge in [-0.1, -0.05) is 19.4 Å². The molecule has 1 aromatic carbocycles. The lowest BCUT2D eigenvalue weighted by Gasteiger charge is -2.03. The zero-order chi connectivity index (χ0) is 11.3. The van der Waals surface area contributed by atoms with Gasteiger partial charge in [-0.15, -0.1) is 0 Å². The largest absolute Gasteiger partial charge is 0.504 e. The molecule has 1 rings (SSSR count). The third-order valence-electron chi connectivity index (χ3n) is 2.09. The monoisotopic (exact) mass is 228 g/mol. The van der Waals surface area contributed by atoms with Crippen molar-refractivity contribution in [1.82, 2.24) is 0 Å². The van der Waals surface area contributed by atoms with Gasteiger partial charge in [0.25, 0.3) is 0 Å². The maximum Gasteiger partial charge on any atom is 0.157 e. The first-order valence-electron chi connectivity index (χ1n) is 4.99. The lowest BCUT2D eigenvalue weighted by molar-refractivity contribution is 0.403. The second kappa shape index (κ2) is 5.75. The number of rotatable bonds is 5. The number of phenols is 2. The third-order valence-corrected chi connectivity index (χ3v) is 3.49. The second-order valence-electron chi connectivity index (χ2n) is 3.46. The number of hydrogen-bond donors (Lipinski definition) is 2. The molecule has 0 aromatic heterocycles. The summed E-state index contributed by atoms with van der Waals surface area (Å²) >= 11 is 0. The van der Waals surface area contributed by atoms with Crippen molar-refractivity contribution < 1.29 is 14.4 Å². The van der Waals surface area contributed by atoms with E-state index >= 15 is 0 Å². The Balaban J connectivity index is 2.57. The third kappa shape index (κ3) is 3.91. The Hall–Kier alpha value is -1.03. The molecule has 0 heterocycles. The number of benzene rings is 1. The first kappa shape index (κ1) is 12.0. The number of aromatic hydroxyl groups is 2. The molecule has 0 amide bonds. The highest BCUT2D eigenvalue weighted by Crippen LogP contribution is 2.25. The van der Waals surface area contributed by atoms with Crippen molar-refractivity contribution in [3.05, 3.63) is 23.8 Å². The van der Waals surface area contributed by atoms with Crippen LogP contribution in [-0.2, 0) is 16.6 Å². The van der Waals surface area contributed by atoms with Crippen LogP contribution in [0.3, 0.4) is 0 Å². The summed E-state index contributed by atoms with van der Waals surface area (Å²) in [6.07, 6.45) is 1.99. The van der Waals surface area contributed by atoms with E-state index in [9.17, 15) is 9.32 Å². The van der Waals surface area contributed by atoms with E-state index in [-0.39, 0.29) is 11.5 Å². The SMILES string of the molecule is CCCC[S@@](=O)Cc1ccc(O)c(O)c1. The van der Waals surface area contributed by atoms with Crippen molar-refractivity contribution >= 4 is 10.8 Å². The quantitative estimate of drug-likeness (QED) is 0.759. The summed E-state index contributed by atoms with van der Waals surface area (Å²) in [5, 5.41) is 18.3. The van der Waals surface area contributed by atoms with Crippen LogP contribution in [0.1, 0.15) is 25.3 Å². The molecule has 4 heteroatoms. The van der Waals surface area contributed by atoms with Crippen molar-refractivity contribution in [2.45, 2.75) is 25.5 Å². The molecule has 0 bridgehead atoms. The van der Waals surface area contributed by atoms with Crippen LogP contribution in [0, 0.1) is 0 Å². The Morgan fingerprint density at radius 1 is 1.27 bits per heavy atom. The molecule has 3 nitrogen and oxygen atoms in total. The Bertz CT molecular complexity index is 350. The summed E-state index contributed by atoms with van der Waals surface area (Å²) in [5.41, 5.74) is 0.791.